The highest BCUT2D eigenvalue weighted by atomic mass is 15.4. The third kappa shape index (κ3) is 5.26. The summed E-state index contributed by atoms with van der Waals surface area (Å²) in [6.07, 6.45) is 14.0. The lowest BCUT2D eigenvalue weighted by molar-refractivity contribution is -0.0691. The van der Waals surface area contributed by atoms with Gasteiger partial charge in [-0.3, -0.25) is 4.68 Å². The summed E-state index contributed by atoms with van der Waals surface area (Å²) in [7, 11) is 7.77. The number of hydrogen-bond donors (Lipinski definition) is 0. The Kier molecular flexibility index (Phi) is 7.45. The minimum Gasteiger partial charge on any atom is -0.255 e. The Morgan fingerprint density at radius 3 is 0.914 bits per heavy atom. The van der Waals surface area contributed by atoms with Crippen LogP contribution in [-0.4, -0.2) is 60.0 Å². The number of aryl methyl sites for hydroxylation is 4. The van der Waals surface area contributed by atoms with Gasteiger partial charge < -0.3 is 0 Å². The van der Waals surface area contributed by atoms with Crippen molar-refractivity contribution in [3.8, 4) is 45.0 Å². The fraction of sp³-hybridized carbons (Fsp3) is 0.304. The maximum atomic E-state index is 4.44. The summed E-state index contributed by atoms with van der Waals surface area (Å²) < 4.78 is 7.31. The van der Waals surface area contributed by atoms with E-state index in [1.165, 1.54) is 22.3 Å². The number of hydrogen-bond acceptors (Lipinski definition) is 8. The topological polar surface area (TPSA) is 123 Å². The van der Waals surface area contributed by atoms with Crippen molar-refractivity contribution in [2.45, 2.75) is 60.2 Å². The van der Waals surface area contributed by atoms with E-state index in [-0.39, 0.29) is 21.7 Å². The molecule has 0 spiro atoms. The van der Waals surface area contributed by atoms with Crippen molar-refractivity contribution in [1.29, 1.82) is 0 Å². The summed E-state index contributed by atoms with van der Waals surface area (Å²) in [5, 5.41) is 33.8. The largest absolute Gasteiger partial charge is 0.255 e. The second-order valence-corrected chi connectivity index (χ2v) is 17.5. The number of benzene rings is 4. The van der Waals surface area contributed by atoms with Crippen molar-refractivity contribution in [3.63, 3.8) is 0 Å². The fourth-order valence-corrected chi connectivity index (χ4v) is 12.0. The van der Waals surface area contributed by atoms with Crippen LogP contribution >= 0.6 is 0 Å². The van der Waals surface area contributed by atoms with E-state index in [0.29, 0.717) is 0 Å². The summed E-state index contributed by atoms with van der Waals surface area (Å²) in [4.78, 5) is 0. The molecule has 0 saturated heterocycles. The molecule has 0 N–H and O–H groups in total. The van der Waals surface area contributed by atoms with Gasteiger partial charge in [0, 0.05) is 50.4 Å². The molecule has 4 saturated carbocycles. The fourth-order valence-electron chi connectivity index (χ4n) is 12.0. The van der Waals surface area contributed by atoms with E-state index in [4.69, 9.17) is 0 Å². The Morgan fingerprint density at radius 2 is 0.672 bits per heavy atom. The molecular formula is C46H44N12. The summed E-state index contributed by atoms with van der Waals surface area (Å²) >= 11 is 0. The van der Waals surface area contributed by atoms with Gasteiger partial charge in [0.25, 0.3) is 0 Å². The molecule has 8 aromatic rings. The number of nitrogens with zero attached hydrogens (tertiary/aromatic N) is 12. The second kappa shape index (κ2) is 12.5. The van der Waals surface area contributed by atoms with Crippen LogP contribution in [0.2, 0.25) is 0 Å². The number of rotatable bonds is 8. The maximum absolute atomic E-state index is 4.44. The van der Waals surface area contributed by atoms with Gasteiger partial charge in [-0.15, -0.1) is 20.4 Å². The van der Waals surface area contributed by atoms with Crippen LogP contribution in [0.25, 0.3) is 45.0 Å². The summed E-state index contributed by atoms with van der Waals surface area (Å²) in [6, 6.07) is 37.4. The van der Waals surface area contributed by atoms with Crippen LogP contribution < -0.4 is 0 Å². The van der Waals surface area contributed by atoms with E-state index in [0.717, 1.165) is 83.6 Å². The standard InChI is InChI=1S/C46H44N12/c1-55-24-39(50-54-55)31-5-13-35(14-6-31)43-25-44(36-15-7-32(8-16-36)40-21-47-51-56(40)2)28-45(26-43,37-17-9-33(10-18-37)41-22-48-52-57(41)3)30-46(27-43,29-44)38-19-11-34(12-20-38)42-23-49-53-58(42)4/h5-24H,25-30H2,1-4H3. The normalized spacial score (nSPS) is 24.8. The Bertz CT molecular complexity index is 2540. The molecule has 0 radical (unpaired) electrons. The Hall–Kier alpha value is -6.56. The van der Waals surface area contributed by atoms with Crippen molar-refractivity contribution >= 4 is 0 Å². The molecule has 58 heavy (non-hydrogen) atoms. The van der Waals surface area contributed by atoms with Gasteiger partial charge in [-0.05, 0) is 82.4 Å². The first-order valence-corrected chi connectivity index (χ1v) is 20.0. The molecule has 288 valence electrons. The van der Waals surface area contributed by atoms with Crippen LogP contribution in [0.4, 0.5) is 0 Å². The highest BCUT2D eigenvalue weighted by molar-refractivity contribution is 5.64. The van der Waals surface area contributed by atoms with Gasteiger partial charge in [-0.2, -0.15) is 0 Å². The van der Waals surface area contributed by atoms with Crippen molar-refractivity contribution in [2.75, 3.05) is 0 Å². The van der Waals surface area contributed by atoms with Crippen LogP contribution in [0, 0.1) is 0 Å². The van der Waals surface area contributed by atoms with E-state index in [2.05, 4.69) is 138 Å². The Morgan fingerprint density at radius 1 is 0.379 bits per heavy atom. The van der Waals surface area contributed by atoms with Crippen molar-refractivity contribution in [2.24, 2.45) is 28.2 Å². The minimum atomic E-state index is -0.0878. The summed E-state index contributed by atoms with van der Waals surface area (Å²) in [5.74, 6) is 0. The first kappa shape index (κ1) is 34.7. The second-order valence-electron chi connectivity index (χ2n) is 17.5. The van der Waals surface area contributed by atoms with Gasteiger partial charge in [-0.25, -0.2) is 14.0 Å². The van der Waals surface area contributed by atoms with Crippen molar-refractivity contribution < 1.29 is 0 Å². The molecule has 4 aliphatic carbocycles. The maximum Gasteiger partial charge on any atom is 0.113 e. The zero-order valence-corrected chi connectivity index (χ0v) is 33.2. The lowest BCUT2D eigenvalue weighted by Gasteiger charge is -2.71. The summed E-state index contributed by atoms with van der Waals surface area (Å²) in [6.45, 7) is 0. The highest BCUT2D eigenvalue weighted by Crippen LogP contribution is 2.75. The predicted molar refractivity (Wildman–Crippen MR) is 220 cm³/mol. The third-order valence-corrected chi connectivity index (χ3v) is 14.0. The van der Waals surface area contributed by atoms with Crippen LogP contribution in [0.1, 0.15) is 60.8 Å². The van der Waals surface area contributed by atoms with Gasteiger partial charge in [-0.1, -0.05) is 118 Å². The lowest BCUT2D eigenvalue weighted by Crippen LogP contribution is -2.67. The first-order chi connectivity index (χ1) is 28.2. The van der Waals surface area contributed by atoms with E-state index >= 15 is 0 Å². The quantitative estimate of drug-likeness (QED) is 0.158. The molecular weight excluding hydrogens is 721 g/mol. The third-order valence-electron chi connectivity index (χ3n) is 14.0. The average molecular weight is 765 g/mol. The molecule has 4 heterocycles. The molecule has 12 rings (SSSR count). The predicted octanol–water partition coefficient (Wildman–Crippen LogP) is 7.30. The molecule has 4 aliphatic rings. The highest BCUT2D eigenvalue weighted by Gasteiger charge is 2.69. The van der Waals surface area contributed by atoms with Crippen LogP contribution in [0.5, 0.6) is 0 Å². The van der Waals surface area contributed by atoms with Crippen molar-refractivity contribution in [3.05, 3.63) is 144 Å². The van der Waals surface area contributed by atoms with Crippen LogP contribution in [-0.2, 0) is 49.9 Å². The smallest absolute Gasteiger partial charge is 0.113 e. The first-order valence-electron chi connectivity index (χ1n) is 20.0. The molecule has 0 aliphatic heterocycles. The van der Waals surface area contributed by atoms with Gasteiger partial charge in [0.1, 0.15) is 5.69 Å². The monoisotopic (exact) mass is 764 g/mol. The summed E-state index contributed by atoms with van der Waals surface area (Å²) in [5.41, 5.74) is 13.7. The lowest BCUT2D eigenvalue weighted by atomic mass is 9.32. The number of aromatic nitrogens is 12. The molecule has 0 atom stereocenters. The van der Waals surface area contributed by atoms with E-state index in [1.807, 2.05) is 67.0 Å². The zero-order valence-electron chi connectivity index (χ0n) is 33.2. The van der Waals surface area contributed by atoms with Gasteiger partial charge in [0.15, 0.2) is 0 Å². The van der Waals surface area contributed by atoms with Gasteiger partial charge >= 0.3 is 0 Å². The molecule has 0 unspecified atom stereocenters. The van der Waals surface area contributed by atoms with E-state index in [1.54, 1.807) is 4.68 Å². The zero-order chi connectivity index (χ0) is 39.3. The van der Waals surface area contributed by atoms with E-state index < -0.39 is 0 Å². The Balaban J connectivity index is 1.10. The van der Waals surface area contributed by atoms with Gasteiger partial charge in [0.05, 0.1) is 41.9 Å². The SMILES string of the molecule is Cn1cc(-c2ccc(C34CC5(c6ccc(-c7cnnn7C)cc6)CC(c6ccc(-c7cnnn7C)cc6)(C3)CC(c3ccc(-c6cnnn6C)cc3)(C4)C5)cc2)nn1. The molecule has 4 aromatic heterocycles. The van der Waals surface area contributed by atoms with Crippen molar-refractivity contribution in [1.82, 2.24) is 60.0 Å². The molecule has 0 amide bonds. The minimum absolute atomic E-state index is 0.0865. The van der Waals surface area contributed by atoms with Gasteiger partial charge in [0.2, 0.25) is 0 Å². The van der Waals surface area contributed by atoms with E-state index in [9.17, 15) is 0 Å². The molecule has 12 heteroatoms. The molecule has 4 bridgehead atoms. The molecule has 4 aromatic carbocycles. The molecule has 4 fully saturated rings. The molecule has 12 nitrogen and oxygen atoms in total. The van der Waals surface area contributed by atoms with Crippen LogP contribution in [0.3, 0.4) is 0 Å². The average Bonchev–Trinajstić information content (AvgIpc) is 4.07. The van der Waals surface area contributed by atoms with Crippen LogP contribution in [0.15, 0.2) is 122 Å². The Labute approximate surface area is 336 Å².